The lowest BCUT2D eigenvalue weighted by Gasteiger charge is -2.42. The minimum absolute atomic E-state index is 0.105. The topological polar surface area (TPSA) is 91.8 Å². The first-order chi connectivity index (χ1) is 15.3. The molecule has 0 aromatic heterocycles. The molecule has 4 atom stereocenters. The number of nitrogens with zero attached hydrogens (tertiary/aromatic N) is 1. The summed E-state index contributed by atoms with van der Waals surface area (Å²) in [6.07, 6.45) is 4.72. The third-order valence-electron chi connectivity index (χ3n) is 7.10. The molecule has 3 aliphatic carbocycles. The van der Waals surface area contributed by atoms with Crippen molar-refractivity contribution in [3.63, 3.8) is 0 Å². The van der Waals surface area contributed by atoms with Crippen LogP contribution in [0.2, 0.25) is 0 Å². The van der Waals surface area contributed by atoms with Gasteiger partial charge in [-0.2, -0.15) is 0 Å². The lowest BCUT2D eigenvalue weighted by Crippen LogP contribution is -2.39. The summed E-state index contributed by atoms with van der Waals surface area (Å²) < 4.78 is 0.215. The second kappa shape index (κ2) is 7.66. The van der Waals surface area contributed by atoms with Crippen molar-refractivity contribution in [3.05, 3.63) is 63.2 Å². The van der Waals surface area contributed by atoms with Gasteiger partial charge in [-0.05, 0) is 58.8 Å². The summed E-state index contributed by atoms with van der Waals surface area (Å²) in [5.41, 5.74) is 2.55. The van der Waals surface area contributed by atoms with E-state index in [0.29, 0.717) is 30.5 Å². The highest BCUT2D eigenvalue weighted by Crippen LogP contribution is 2.55. The summed E-state index contributed by atoms with van der Waals surface area (Å²) in [5, 5.41) is 9.76. The predicted molar refractivity (Wildman–Crippen MR) is 120 cm³/mol. The van der Waals surface area contributed by atoms with Crippen LogP contribution in [-0.4, -0.2) is 39.9 Å². The van der Waals surface area contributed by atoms with E-state index in [1.54, 1.807) is 24.3 Å². The lowest BCUT2D eigenvalue weighted by molar-refractivity contribution is -0.140. The van der Waals surface area contributed by atoms with Gasteiger partial charge < -0.3 is 5.11 Å². The Kier molecular flexibility index (Phi) is 5.04. The molecule has 2 amide bonds. The van der Waals surface area contributed by atoms with Crippen LogP contribution in [0.1, 0.15) is 37.7 Å². The summed E-state index contributed by atoms with van der Waals surface area (Å²) in [5.74, 6) is -2.41. The van der Waals surface area contributed by atoms with E-state index in [1.165, 1.54) is 11.0 Å². The highest BCUT2D eigenvalue weighted by Gasteiger charge is 2.56. The molecular formula is C25H22BrNO5. The lowest BCUT2D eigenvalue weighted by atomic mass is 9.59. The fourth-order valence-corrected chi connectivity index (χ4v) is 6.21. The van der Waals surface area contributed by atoms with Gasteiger partial charge in [-0.15, -0.1) is 0 Å². The first-order valence-corrected chi connectivity index (χ1v) is 11.7. The van der Waals surface area contributed by atoms with Crippen LogP contribution in [0.3, 0.4) is 0 Å². The van der Waals surface area contributed by atoms with Crippen LogP contribution in [0.4, 0.5) is 0 Å². The summed E-state index contributed by atoms with van der Waals surface area (Å²) in [6, 6.07) is 6.60. The van der Waals surface area contributed by atoms with Crippen LogP contribution in [0.25, 0.3) is 0 Å². The number of ketones is 2. The zero-order valence-corrected chi connectivity index (χ0v) is 19.1. The van der Waals surface area contributed by atoms with Crippen molar-refractivity contribution in [1.29, 1.82) is 0 Å². The van der Waals surface area contributed by atoms with E-state index < -0.39 is 17.8 Å². The number of aromatic hydroxyl groups is 1. The van der Waals surface area contributed by atoms with Gasteiger partial charge >= 0.3 is 0 Å². The zero-order valence-electron chi connectivity index (χ0n) is 17.5. The standard InChI is InChI=1S/C25H22BrNO5/c1-2-9-27-24(31)15-8-7-14-16(21(15)25(27)32)10-17-22(19(29)11-18(26)23(17)30)20(14)12-3-5-13(28)6-4-12/h3-7,11,15-16,20-21,28H,2,8-10H2,1H3/t15-,16+,20-,21-/m0/s1. The number of hydrogen-bond donors (Lipinski definition) is 1. The summed E-state index contributed by atoms with van der Waals surface area (Å²) >= 11 is 3.22. The Hall–Kier alpha value is -2.80. The normalized spacial score (nSPS) is 29.5. The fraction of sp³-hybridized carbons (Fsp3) is 0.360. The van der Waals surface area contributed by atoms with Gasteiger partial charge in [0.05, 0.1) is 16.3 Å². The van der Waals surface area contributed by atoms with Crippen molar-refractivity contribution in [1.82, 2.24) is 4.90 Å². The summed E-state index contributed by atoms with van der Waals surface area (Å²) in [4.78, 5) is 53.8. The fourth-order valence-electron chi connectivity index (χ4n) is 5.76. The van der Waals surface area contributed by atoms with E-state index in [0.717, 1.165) is 11.1 Å². The van der Waals surface area contributed by atoms with Gasteiger partial charge in [-0.3, -0.25) is 24.1 Å². The first-order valence-electron chi connectivity index (χ1n) is 10.9. The number of rotatable bonds is 3. The van der Waals surface area contributed by atoms with Crippen LogP contribution in [0, 0.1) is 17.8 Å². The van der Waals surface area contributed by atoms with Crippen LogP contribution < -0.4 is 0 Å². The smallest absolute Gasteiger partial charge is 0.233 e. The molecule has 0 saturated carbocycles. The van der Waals surface area contributed by atoms with Crippen LogP contribution in [0.5, 0.6) is 5.75 Å². The SMILES string of the molecule is CCCN1C(=O)[C@H]2[C@H](CC=C3[C@H](c4ccc(O)cc4)C4=C(C[C@H]32)C(=O)C(Br)=CC4=O)C1=O. The molecule has 0 unspecified atom stereocenters. The van der Waals surface area contributed by atoms with E-state index in [2.05, 4.69) is 15.9 Å². The van der Waals surface area contributed by atoms with E-state index in [1.807, 2.05) is 13.0 Å². The third-order valence-corrected chi connectivity index (χ3v) is 7.69. The molecular weight excluding hydrogens is 474 g/mol. The first kappa shape index (κ1) is 21.1. The Morgan fingerprint density at radius 1 is 1.06 bits per heavy atom. The third kappa shape index (κ3) is 2.98. The Labute approximate surface area is 193 Å². The molecule has 1 aromatic rings. The van der Waals surface area contributed by atoms with Gasteiger partial charge in [-0.25, -0.2) is 0 Å². The van der Waals surface area contributed by atoms with Crippen molar-refractivity contribution in [2.24, 2.45) is 17.8 Å². The van der Waals surface area contributed by atoms with E-state index >= 15 is 0 Å². The molecule has 1 aliphatic heterocycles. The number of carbonyl (C=O) groups excluding carboxylic acids is 4. The molecule has 0 radical (unpaired) electrons. The molecule has 1 aromatic carbocycles. The number of phenols is 1. The van der Waals surface area contributed by atoms with Gasteiger partial charge in [0, 0.05) is 29.7 Å². The molecule has 6 nitrogen and oxygen atoms in total. The van der Waals surface area contributed by atoms with Gasteiger partial charge in [0.2, 0.25) is 11.8 Å². The van der Waals surface area contributed by atoms with Crippen molar-refractivity contribution < 1.29 is 24.3 Å². The van der Waals surface area contributed by atoms with Crippen LogP contribution in [-0.2, 0) is 19.2 Å². The maximum Gasteiger partial charge on any atom is 0.233 e. The Balaban J connectivity index is 1.66. The molecule has 5 rings (SSSR count). The predicted octanol–water partition coefficient (Wildman–Crippen LogP) is 3.56. The Morgan fingerprint density at radius 2 is 1.78 bits per heavy atom. The second-order valence-corrected chi connectivity index (χ2v) is 9.67. The average molecular weight is 496 g/mol. The van der Waals surface area contributed by atoms with Crippen molar-refractivity contribution in [2.75, 3.05) is 6.54 Å². The van der Waals surface area contributed by atoms with Gasteiger partial charge in [0.15, 0.2) is 11.6 Å². The Morgan fingerprint density at radius 3 is 2.47 bits per heavy atom. The average Bonchev–Trinajstić information content (AvgIpc) is 3.02. The number of imide groups is 1. The van der Waals surface area contributed by atoms with Crippen LogP contribution >= 0.6 is 15.9 Å². The van der Waals surface area contributed by atoms with Crippen molar-refractivity contribution >= 4 is 39.3 Å². The molecule has 0 spiro atoms. The minimum atomic E-state index is -0.518. The van der Waals surface area contributed by atoms with E-state index in [-0.39, 0.29) is 46.0 Å². The summed E-state index contributed by atoms with van der Waals surface area (Å²) in [7, 11) is 0. The number of Topliss-reactive ketones (excluding diaryl/α,β-unsaturated/α-hetero) is 1. The monoisotopic (exact) mass is 495 g/mol. The highest BCUT2D eigenvalue weighted by molar-refractivity contribution is 9.12. The number of benzene rings is 1. The number of likely N-dealkylation sites (tertiary alicyclic amines) is 1. The van der Waals surface area contributed by atoms with Gasteiger partial charge in [-0.1, -0.05) is 30.7 Å². The Bertz CT molecular complexity index is 1160. The maximum absolute atomic E-state index is 13.3. The molecule has 1 heterocycles. The van der Waals surface area contributed by atoms with Crippen LogP contribution in [0.15, 0.2) is 57.6 Å². The zero-order chi connectivity index (χ0) is 22.7. The molecule has 1 fully saturated rings. The number of amides is 2. The van der Waals surface area contributed by atoms with Gasteiger partial charge in [0.25, 0.3) is 0 Å². The van der Waals surface area contributed by atoms with Crippen molar-refractivity contribution in [3.8, 4) is 5.75 Å². The largest absolute Gasteiger partial charge is 0.508 e. The molecule has 0 bridgehead atoms. The molecule has 164 valence electrons. The quantitative estimate of drug-likeness (QED) is 0.393. The highest BCUT2D eigenvalue weighted by atomic mass is 79.9. The molecule has 1 N–H and O–H groups in total. The van der Waals surface area contributed by atoms with Crippen molar-refractivity contribution in [2.45, 2.75) is 32.1 Å². The van der Waals surface area contributed by atoms with Gasteiger partial charge in [0.1, 0.15) is 5.75 Å². The number of phenolic OH excluding ortho intramolecular Hbond substituents is 1. The maximum atomic E-state index is 13.3. The number of allylic oxidation sites excluding steroid dienone is 6. The number of hydrogen-bond acceptors (Lipinski definition) is 5. The molecule has 4 aliphatic rings. The summed E-state index contributed by atoms with van der Waals surface area (Å²) in [6.45, 7) is 2.33. The molecule has 7 heteroatoms. The number of halogens is 1. The van der Waals surface area contributed by atoms with E-state index in [9.17, 15) is 24.3 Å². The van der Waals surface area contributed by atoms with E-state index in [4.69, 9.17) is 0 Å². The second-order valence-electron chi connectivity index (χ2n) is 8.81. The number of fused-ring (bicyclic) bond motifs is 3. The molecule has 32 heavy (non-hydrogen) atoms. The minimum Gasteiger partial charge on any atom is -0.508 e. The number of carbonyl (C=O) groups is 4. The molecule has 1 saturated heterocycles.